The van der Waals surface area contributed by atoms with E-state index in [2.05, 4.69) is 24.0 Å². The summed E-state index contributed by atoms with van der Waals surface area (Å²) >= 11 is 0. The van der Waals surface area contributed by atoms with Crippen LogP contribution in [0.2, 0.25) is 0 Å². The van der Waals surface area contributed by atoms with E-state index in [0.717, 1.165) is 17.5 Å². The van der Waals surface area contributed by atoms with Crippen LogP contribution in [0.3, 0.4) is 0 Å². The molecule has 7 heteroatoms. The fraction of sp³-hybridized carbons (Fsp3) is 0.333. The van der Waals surface area contributed by atoms with Gasteiger partial charge in [0.15, 0.2) is 0 Å². The number of aromatic nitrogens is 2. The van der Waals surface area contributed by atoms with Crippen LogP contribution in [0.1, 0.15) is 50.1 Å². The van der Waals surface area contributed by atoms with E-state index in [9.17, 15) is 8.42 Å². The second-order valence-corrected chi connectivity index (χ2v) is 9.21. The summed E-state index contributed by atoms with van der Waals surface area (Å²) in [6, 6.07) is 16.2. The van der Waals surface area contributed by atoms with Crippen molar-refractivity contribution in [3.8, 4) is 11.4 Å². The smallest absolute Gasteiger partial charge is 0.245 e. The molecule has 0 spiro atoms. The van der Waals surface area contributed by atoms with Gasteiger partial charge in [0, 0.05) is 12.1 Å². The van der Waals surface area contributed by atoms with Gasteiger partial charge < -0.3 is 4.52 Å². The minimum absolute atomic E-state index is 0.298. The fourth-order valence-electron chi connectivity index (χ4n) is 3.51. The first-order valence-corrected chi connectivity index (χ1v) is 10.9. The zero-order valence-corrected chi connectivity index (χ0v) is 16.8. The van der Waals surface area contributed by atoms with Crippen LogP contribution < -0.4 is 0 Å². The lowest BCUT2D eigenvalue weighted by molar-refractivity contribution is 0.290. The second kappa shape index (κ2) is 7.48. The Balaban J connectivity index is 1.62. The van der Waals surface area contributed by atoms with Gasteiger partial charge in [-0.05, 0) is 36.5 Å². The third-order valence-corrected chi connectivity index (χ3v) is 7.04. The van der Waals surface area contributed by atoms with E-state index < -0.39 is 16.1 Å². The van der Waals surface area contributed by atoms with Gasteiger partial charge in [-0.25, -0.2) is 8.42 Å². The Bertz CT molecular complexity index is 1040. The summed E-state index contributed by atoms with van der Waals surface area (Å²) in [5, 5.41) is 4.04. The van der Waals surface area contributed by atoms with E-state index >= 15 is 0 Å². The van der Waals surface area contributed by atoms with Crippen molar-refractivity contribution in [3.63, 3.8) is 0 Å². The lowest BCUT2D eigenvalue weighted by Gasteiger charge is -2.21. The van der Waals surface area contributed by atoms with Crippen LogP contribution in [-0.2, 0) is 10.0 Å². The van der Waals surface area contributed by atoms with Crippen molar-refractivity contribution < 1.29 is 12.9 Å². The van der Waals surface area contributed by atoms with Crippen LogP contribution >= 0.6 is 0 Å². The highest BCUT2D eigenvalue weighted by molar-refractivity contribution is 7.89. The van der Waals surface area contributed by atoms with Crippen molar-refractivity contribution in [3.05, 3.63) is 66.1 Å². The quantitative estimate of drug-likeness (QED) is 0.638. The van der Waals surface area contributed by atoms with E-state index in [1.165, 1.54) is 4.31 Å². The molecule has 0 bridgehead atoms. The molecular weight excluding hydrogens is 374 g/mol. The molecule has 1 aromatic heterocycles. The van der Waals surface area contributed by atoms with Gasteiger partial charge in [-0.1, -0.05) is 61.5 Å². The number of sulfonamides is 1. The first-order valence-electron chi connectivity index (χ1n) is 9.47. The second-order valence-electron chi connectivity index (χ2n) is 7.32. The molecule has 28 heavy (non-hydrogen) atoms. The predicted octanol–water partition coefficient (Wildman–Crippen LogP) is 4.39. The molecule has 3 aromatic rings. The van der Waals surface area contributed by atoms with Gasteiger partial charge >= 0.3 is 0 Å². The molecule has 2 heterocycles. The van der Waals surface area contributed by atoms with Crippen LogP contribution in [0, 0.1) is 0 Å². The molecule has 0 aliphatic carbocycles. The molecule has 1 aliphatic rings. The topological polar surface area (TPSA) is 76.3 Å². The molecule has 1 fully saturated rings. The van der Waals surface area contributed by atoms with Crippen molar-refractivity contribution in [2.24, 2.45) is 0 Å². The molecule has 4 rings (SSSR count). The molecular formula is C21H23N3O3S. The van der Waals surface area contributed by atoms with Crippen molar-refractivity contribution in [2.75, 3.05) is 6.54 Å². The molecule has 1 saturated heterocycles. The Hall–Kier alpha value is -2.51. The van der Waals surface area contributed by atoms with Gasteiger partial charge in [0.1, 0.15) is 6.04 Å². The number of benzene rings is 2. The third-order valence-electron chi connectivity index (χ3n) is 5.12. The zero-order valence-electron chi connectivity index (χ0n) is 15.9. The summed E-state index contributed by atoms with van der Waals surface area (Å²) < 4.78 is 33.4. The van der Waals surface area contributed by atoms with Crippen molar-refractivity contribution >= 4 is 10.0 Å². The van der Waals surface area contributed by atoms with E-state index in [-0.39, 0.29) is 0 Å². The molecule has 1 atom stereocenters. The average molecular weight is 398 g/mol. The van der Waals surface area contributed by atoms with Crippen molar-refractivity contribution in [1.82, 2.24) is 14.4 Å². The average Bonchev–Trinajstić information content (AvgIpc) is 3.38. The summed E-state index contributed by atoms with van der Waals surface area (Å²) in [6.07, 6.45) is 1.43. The van der Waals surface area contributed by atoms with Crippen LogP contribution in [0.5, 0.6) is 0 Å². The van der Waals surface area contributed by atoms with Crippen LogP contribution in [0.25, 0.3) is 11.4 Å². The summed E-state index contributed by atoms with van der Waals surface area (Å²) in [5.74, 6) is 1.17. The molecule has 0 N–H and O–H groups in total. The van der Waals surface area contributed by atoms with Crippen LogP contribution in [0.15, 0.2) is 64.0 Å². The Labute approximate surface area is 165 Å². The van der Waals surface area contributed by atoms with E-state index in [1.54, 1.807) is 12.1 Å². The van der Waals surface area contributed by atoms with E-state index in [1.807, 2.05) is 42.5 Å². The zero-order chi connectivity index (χ0) is 19.7. The summed E-state index contributed by atoms with van der Waals surface area (Å²) in [5.41, 5.74) is 1.95. The summed E-state index contributed by atoms with van der Waals surface area (Å²) in [4.78, 5) is 4.77. The fourth-order valence-corrected chi connectivity index (χ4v) is 5.16. The molecule has 0 unspecified atom stereocenters. The molecule has 146 valence electrons. The number of hydrogen-bond donors (Lipinski definition) is 0. The number of rotatable bonds is 5. The first kappa shape index (κ1) is 18.8. The molecule has 0 saturated carbocycles. The number of hydrogen-bond acceptors (Lipinski definition) is 5. The Kier molecular flexibility index (Phi) is 5.03. The summed E-state index contributed by atoms with van der Waals surface area (Å²) in [7, 11) is -3.63. The van der Waals surface area contributed by atoms with E-state index in [4.69, 9.17) is 4.52 Å². The van der Waals surface area contributed by atoms with Gasteiger partial charge in [0.2, 0.25) is 21.7 Å². The predicted molar refractivity (Wildman–Crippen MR) is 106 cm³/mol. The molecule has 6 nitrogen and oxygen atoms in total. The van der Waals surface area contributed by atoms with Crippen LogP contribution in [0.4, 0.5) is 0 Å². The third kappa shape index (κ3) is 3.47. The maximum atomic E-state index is 13.2. The van der Waals surface area contributed by atoms with Crippen molar-refractivity contribution in [2.45, 2.75) is 43.5 Å². The Morgan fingerprint density at radius 3 is 2.46 bits per heavy atom. The first-order chi connectivity index (χ1) is 13.5. The lowest BCUT2D eigenvalue weighted by Crippen LogP contribution is -2.30. The minimum Gasteiger partial charge on any atom is -0.337 e. The van der Waals surface area contributed by atoms with Gasteiger partial charge in [-0.3, -0.25) is 0 Å². The normalized spacial score (nSPS) is 18.0. The standard InChI is InChI=1S/C21H23N3O3S/c1-15(2)16-10-12-18(13-11-16)28(25,26)24-14-6-9-19(24)21-22-20(23-27-21)17-7-4-3-5-8-17/h3-5,7-8,10-13,15,19H,6,9,14H2,1-2H3/t19-/m1/s1. The molecule has 1 aliphatic heterocycles. The highest BCUT2D eigenvalue weighted by Gasteiger charge is 2.39. The van der Waals surface area contributed by atoms with E-state index in [0.29, 0.717) is 35.5 Å². The maximum absolute atomic E-state index is 13.2. The minimum atomic E-state index is -3.63. The number of nitrogens with zero attached hydrogens (tertiary/aromatic N) is 3. The van der Waals surface area contributed by atoms with Crippen LogP contribution in [-0.4, -0.2) is 29.4 Å². The van der Waals surface area contributed by atoms with Crippen molar-refractivity contribution in [1.29, 1.82) is 0 Å². The highest BCUT2D eigenvalue weighted by Crippen LogP contribution is 2.36. The Morgan fingerprint density at radius 2 is 1.79 bits per heavy atom. The van der Waals surface area contributed by atoms with Gasteiger partial charge in [-0.15, -0.1) is 0 Å². The monoisotopic (exact) mass is 397 g/mol. The van der Waals surface area contributed by atoms with Gasteiger partial charge in [0.05, 0.1) is 4.90 Å². The lowest BCUT2D eigenvalue weighted by atomic mass is 10.0. The van der Waals surface area contributed by atoms with Gasteiger partial charge in [-0.2, -0.15) is 9.29 Å². The molecule has 0 amide bonds. The SMILES string of the molecule is CC(C)c1ccc(S(=O)(=O)N2CCC[C@@H]2c2nc(-c3ccccc3)no2)cc1. The summed E-state index contributed by atoms with van der Waals surface area (Å²) in [6.45, 7) is 4.61. The highest BCUT2D eigenvalue weighted by atomic mass is 32.2. The van der Waals surface area contributed by atoms with Gasteiger partial charge in [0.25, 0.3) is 0 Å². The largest absolute Gasteiger partial charge is 0.337 e. The molecule has 0 radical (unpaired) electrons. The Morgan fingerprint density at radius 1 is 1.07 bits per heavy atom. The maximum Gasteiger partial charge on any atom is 0.245 e. The molecule has 2 aromatic carbocycles.